The number of halogens is 5. The molecule has 0 aliphatic carbocycles. The van der Waals surface area contributed by atoms with Crippen molar-refractivity contribution in [2.75, 3.05) is 6.54 Å². The summed E-state index contributed by atoms with van der Waals surface area (Å²) in [6.45, 7) is 5.99. The molecule has 2 aliphatic heterocycles. The summed E-state index contributed by atoms with van der Waals surface area (Å²) in [6.07, 6.45) is -2.42. The fourth-order valence-corrected chi connectivity index (χ4v) is 5.25. The number of hydrogen-bond donors (Lipinski definition) is 0. The van der Waals surface area contributed by atoms with Crippen molar-refractivity contribution < 1.29 is 22.8 Å². The molecule has 2 aromatic heterocycles. The van der Waals surface area contributed by atoms with E-state index in [0.717, 1.165) is 11.9 Å². The van der Waals surface area contributed by atoms with E-state index in [4.69, 9.17) is 28.3 Å². The van der Waals surface area contributed by atoms with Gasteiger partial charge in [0, 0.05) is 30.1 Å². The maximum Gasteiger partial charge on any atom is 0.434 e. The molecule has 1 aromatic carbocycles. The smallest absolute Gasteiger partial charge is 0.331 e. The second-order valence-corrected chi connectivity index (χ2v) is 10.5. The van der Waals surface area contributed by atoms with Gasteiger partial charge in [0.25, 0.3) is 11.8 Å². The van der Waals surface area contributed by atoms with Crippen LogP contribution in [0.5, 0.6) is 0 Å². The van der Waals surface area contributed by atoms with E-state index in [-0.39, 0.29) is 47.7 Å². The van der Waals surface area contributed by atoms with Gasteiger partial charge < -0.3 is 9.80 Å². The lowest BCUT2D eigenvalue weighted by molar-refractivity contribution is -0.141. The lowest BCUT2D eigenvalue weighted by Crippen LogP contribution is -2.45. The van der Waals surface area contributed by atoms with Crippen LogP contribution in [-0.2, 0) is 19.1 Å². The summed E-state index contributed by atoms with van der Waals surface area (Å²) < 4.78 is 40.5. The van der Waals surface area contributed by atoms with Gasteiger partial charge in [0.2, 0.25) is 0 Å². The minimum absolute atomic E-state index is 0.172. The van der Waals surface area contributed by atoms with Crippen LogP contribution in [0.2, 0.25) is 10.0 Å². The number of carbonyl (C=O) groups excluding carboxylic acids is 2. The molecule has 0 bridgehead atoms. The molecule has 38 heavy (non-hydrogen) atoms. The van der Waals surface area contributed by atoms with Crippen molar-refractivity contribution in [3.63, 3.8) is 0 Å². The van der Waals surface area contributed by atoms with Crippen LogP contribution < -0.4 is 0 Å². The first-order valence-electron chi connectivity index (χ1n) is 11.9. The van der Waals surface area contributed by atoms with Crippen LogP contribution in [0.4, 0.5) is 13.2 Å². The highest BCUT2D eigenvalue weighted by Crippen LogP contribution is 2.35. The first kappa shape index (κ1) is 26.4. The van der Waals surface area contributed by atoms with Gasteiger partial charge in [0.05, 0.1) is 52.5 Å². The first-order chi connectivity index (χ1) is 17.9. The van der Waals surface area contributed by atoms with E-state index in [1.54, 1.807) is 33.5 Å². The minimum Gasteiger partial charge on any atom is -0.331 e. The summed E-state index contributed by atoms with van der Waals surface area (Å²) >= 11 is 12.1. The van der Waals surface area contributed by atoms with Crippen LogP contribution in [0.3, 0.4) is 0 Å². The van der Waals surface area contributed by atoms with E-state index in [1.807, 2.05) is 13.8 Å². The van der Waals surface area contributed by atoms with Crippen LogP contribution >= 0.6 is 23.2 Å². The molecular weight excluding hydrogens is 544 g/mol. The van der Waals surface area contributed by atoms with Crippen molar-refractivity contribution in [2.45, 2.75) is 58.0 Å². The Morgan fingerprint density at radius 3 is 2.47 bits per heavy atom. The monoisotopic (exact) mass is 566 g/mol. The highest BCUT2D eigenvalue weighted by Gasteiger charge is 2.41. The number of hydrogen-bond acceptors (Lipinski definition) is 5. The predicted molar refractivity (Wildman–Crippen MR) is 133 cm³/mol. The molecule has 0 saturated carbocycles. The van der Waals surface area contributed by atoms with Crippen LogP contribution in [-0.4, -0.2) is 53.9 Å². The van der Waals surface area contributed by atoms with Gasteiger partial charge in [-0.1, -0.05) is 23.2 Å². The van der Waals surface area contributed by atoms with E-state index >= 15 is 0 Å². The van der Waals surface area contributed by atoms with Crippen LogP contribution in [0.15, 0.2) is 30.6 Å². The molecule has 4 heterocycles. The number of amides is 2. The first-order valence-corrected chi connectivity index (χ1v) is 12.7. The third-order valence-electron chi connectivity index (χ3n) is 7.07. The van der Waals surface area contributed by atoms with Gasteiger partial charge in [0.1, 0.15) is 5.69 Å². The third-order valence-corrected chi connectivity index (χ3v) is 7.81. The Morgan fingerprint density at radius 2 is 1.84 bits per heavy atom. The Hall–Kier alpha value is -3.18. The summed E-state index contributed by atoms with van der Waals surface area (Å²) in [6, 6.07) is 3.68. The van der Waals surface area contributed by atoms with Crippen molar-refractivity contribution in [3.05, 3.63) is 74.5 Å². The molecule has 200 valence electrons. The average molecular weight is 567 g/mol. The van der Waals surface area contributed by atoms with Gasteiger partial charge in [-0.25, -0.2) is 4.98 Å². The van der Waals surface area contributed by atoms with E-state index in [0.29, 0.717) is 34.5 Å². The largest absolute Gasteiger partial charge is 0.434 e. The molecule has 3 aromatic rings. The van der Waals surface area contributed by atoms with Crippen LogP contribution in [0.25, 0.3) is 0 Å². The van der Waals surface area contributed by atoms with Crippen molar-refractivity contribution in [1.82, 2.24) is 29.5 Å². The molecule has 5 rings (SSSR count). The topological polar surface area (TPSA) is 84.2 Å². The molecule has 0 unspecified atom stereocenters. The molecule has 0 fully saturated rings. The van der Waals surface area contributed by atoms with Gasteiger partial charge in [-0.2, -0.15) is 18.3 Å². The molecule has 2 aliphatic rings. The summed E-state index contributed by atoms with van der Waals surface area (Å²) in [5, 5.41) is 5.32. The van der Waals surface area contributed by atoms with Crippen LogP contribution in [0.1, 0.15) is 76.3 Å². The Morgan fingerprint density at radius 1 is 1.11 bits per heavy atom. The Bertz CT molecular complexity index is 1430. The van der Waals surface area contributed by atoms with Gasteiger partial charge >= 0.3 is 6.18 Å². The summed E-state index contributed by atoms with van der Waals surface area (Å²) in [5.74, 6) is -0.578. The number of benzene rings is 1. The normalized spacial score (nSPS) is 20.3. The SMILES string of the molecule is C[C@@H]1Cc2nn3c(c2CN1C(=O)c1ccc(Cl)c(Cl)c1)C(=O)N([C@@H](C)c1cnc(C(F)(F)F)cn1)C[C@H]3C. The number of nitrogens with zero attached hydrogens (tertiary/aromatic N) is 6. The fourth-order valence-electron chi connectivity index (χ4n) is 4.95. The van der Waals surface area contributed by atoms with Crippen molar-refractivity contribution >= 4 is 35.0 Å². The minimum atomic E-state index is -4.60. The molecule has 3 atom stereocenters. The molecule has 2 amide bonds. The predicted octanol–water partition coefficient (Wildman–Crippen LogP) is 5.36. The van der Waals surface area contributed by atoms with Gasteiger partial charge in [-0.3, -0.25) is 19.3 Å². The maximum absolute atomic E-state index is 13.7. The number of aromatic nitrogens is 4. The second kappa shape index (κ2) is 9.53. The number of fused-ring (bicyclic) bond motifs is 3. The summed E-state index contributed by atoms with van der Waals surface area (Å²) in [7, 11) is 0. The molecular formula is C25H23Cl2F3N6O2. The third kappa shape index (κ3) is 4.51. The van der Waals surface area contributed by atoms with E-state index in [2.05, 4.69) is 9.97 Å². The van der Waals surface area contributed by atoms with Crippen molar-refractivity contribution in [1.29, 1.82) is 0 Å². The Balaban J connectivity index is 1.45. The standard InChI is InChI=1S/C25H23Cl2F3N6O2/c1-12-6-19-16(11-34(12)23(37)15-4-5-17(26)18(27)7-15)22-24(38)35(10-13(2)36(22)33-19)14(3)20-8-32-21(9-31-20)25(28,29)30/h4-5,7-9,12-14H,6,10-11H2,1-3H3/t12-,13-,14+/m1/s1. The Labute approximate surface area is 226 Å². The highest BCUT2D eigenvalue weighted by molar-refractivity contribution is 6.42. The fraction of sp³-hybridized carbons (Fsp3) is 0.400. The van der Waals surface area contributed by atoms with Gasteiger partial charge in [0.15, 0.2) is 5.69 Å². The van der Waals surface area contributed by atoms with Gasteiger partial charge in [-0.05, 0) is 39.0 Å². The second-order valence-electron chi connectivity index (χ2n) is 9.64. The van der Waals surface area contributed by atoms with Crippen molar-refractivity contribution in [3.8, 4) is 0 Å². The van der Waals surface area contributed by atoms with Gasteiger partial charge in [-0.15, -0.1) is 0 Å². The number of carbonyl (C=O) groups is 2. The van der Waals surface area contributed by atoms with E-state index in [9.17, 15) is 22.8 Å². The number of rotatable bonds is 3. The Kier molecular flexibility index (Phi) is 6.63. The molecule has 0 saturated heterocycles. The molecule has 0 N–H and O–H groups in total. The van der Waals surface area contributed by atoms with E-state index < -0.39 is 17.9 Å². The average Bonchev–Trinajstić information content (AvgIpc) is 3.25. The van der Waals surface area contributed by atoms with E-state index in [1.165, 1.54) is 6.07 Å². The van der Waals surface area contributed by atoms with Crippen LogP contribution in [0, 0.1) is 0 Å². The zero-order valence-corrected chi connectivity index (χ0v) is 22.1. The molecule has 0 spiro atoms. The number of alkyl halides is 3. The lowest BCUT2D eigenvalue weighted by atomic mass is 9.97. The summed E-state index contributed by atoms with van der Waals surface area (Å²) in [4.78, 5) is 37.8. The lowest BCUT2D eigenvalue weighted by Gasteiger charge is -2.37. The zero-order valence-electron chi connectivity index (χ0n) is 20.6. The maximum atomic E-state index is 13.7. The molecule has 0 radical (unpaired) electrons. The van der Waals surface area contributed by atoms with Crippen molar-refractivity contribution in [2.24, 2.45) is 0 Å². The quantitative estimate of drug-likeness (QED) is 0.426. The summed E-state index contributed by atoms with van der Waals surface area (Å²) in [5.41, 5.74) is 1.29. The molecule has 13 heteroatoms. The molecule has 8 nitrogen and oxygen atoms in total. The zero-order chi connectivity index (χ0) is 27.5. The highest BCUT2D eigenvalue weighted by atomic mass is 35.5.